The Morgan fingerprint density at radius 2 is 1.82 bits per heavy atom. The van der Waals surface area contributed by atoms with Crippen LogP contribution in [0.1, 0.15) is 27.2 Å². The summed E-state index contributed by atoms with van der Waals surface area (Å²) in [5, 5.41) is 3.35. The van der Waals surface area contributed by atoms with Gasteiger partial charge >= 0.3 is 0 Å². The van der Waals surface area contributed by atoms with Crippen LogP contribution in [0.2, 0.25) is 0 Å². The summed E-state index contributed by atoms with van der Waals surface area (Å²) in [5.74, 6) is 1.25. The van der Waals surface area contributed by atoms with Gasteiger partial charge in [-0.25, -0.2) is 8.42 Å². The van der Waals surface area contributed by atoms with Crippen molar-refractivity contribution < 1.29 is 8.42 Å². The summed E-state index contributed by atoms with van der Waals surface area (Å²) in [6, 6.07) is 0. The highest BCUT2D eigenvalue weighted by molar-refractivity contribution is 7.91. The normalized spacial score (nSPS) is 12.6. The fraction of sp³-hybridized carbons (Fsp3) is 1.00. The van der Waals surface area contributed by atoms with Crippen LogP contribution in [0.25, 0.3) is 0 Å². The van der Waals surface area contributed by atoms with E-state index in [1.807, 2.05) is 14.0 Å². The first-order valence-electron chi connectivity index (χ1n) is 6.47. The molecule has 0 aliphatic carbocycles. The first kappa shape index (κ1) is 16.9. The van der Waals surface area contributed by atoms with E-state index >= 15 is 0 Å². The third-order valence-corrected chi connectivity index (χ3v) is 4.36. The van der Waals surface area contributed by atoms with Crippen molar-refractivity contribution in [2.24, 2.45) is 5.92 Å². The largest absolute Gasteiger partial charge is 0.315 e. The molecule has 0 amide bonds. The number of nitrogens with zero attached hydrogens (tertiary/aromatic N) is 1. The molecule has 0 aromatic rings. The van der Waals surface area contributed by atoms with E-state index in [9.17, 15) is 8.42 Å². The minimum Gasteiger partial charge on any atom is -0.315 e. The van der Waals surface area contributed by atoms with Gasteiger partial charge in [0.05, 0.1) is 5.75 Å². The molecule has 0 aromatic heterocycles. The number of likely N-dealkylation sites (N-methyl/N-ethyl adjacent to an activating group) is 1. The predicted molar refractivity (Wildman–Crippen MR) is 74.1 cm³/mol. The summed E-state index contributed by atoms with van der Waals surface area (Å²) in [6.45, 7) is 9.71. The lowest BCUT2D eigenvalue weighted by molar-refractivity contribution is 0.346. The van der Waals surface area contributed by atoms with E-state index in [-0.39, 0.29) is 5.75 Å². The predicted octanol–water partition coefficient (Wildman–Crippen LogP) is 0.989. The highest BCUT2D eigenvalue weighted by atomic mass is 32.2. The zero-order valence-corrected chi connectivity index (χ0v) is 12.5. The molecule has 0 bridgehead atoms. The molecular weight excluding hydrogens is 236 g/mol. The van der Waals surface area contributed by atoms with E-state index in [1.165, 1.54) is 0 Å². The first-order chi connectivity index (χ1) is 7.87. The summed E-state index contributed by atoms with van der Waals surface area (Å²) in [4.78, 5) is 2.07. The molecule has 0 unspecified atom stereocenters. The summed E-state index contributed by atoms with van der Waals surface area (Å²) >= 11 is 0. The maximum atomic E-state index is 11.5. The Morgan fingerprint density at radius 1 is 1.18 bits per heavy atom. The number of rotatable bonds is 10. The van der Waals surface area contributed by atoms with Crippen LogP contribution >= 0.6 is 0 Å². The Balaban J connectivity index is 3.62. The van der Waals surface area contributed by atoms with Crippen LogP contribution in [0.3, 0.4) is 0 Å². The number of nitrogens with one attached hydrogen (secondary N) is 1. The molecule has 0 saturated carbocycles. The average Bonchev–Trinajstić information content (AvgIpc) is 2.21. The minimum absolute atomic E-state index is 0.279. The van der Waals surface area contributed by atoms with E-state index in [0.29, 0.717) is 24.6 Å². The smallest absolute Gasteiger partial charge is 0.151 e. The lowest BCUT2D eigenvalue weighted by atomic mass is 10.2. The van der Waals surface area contributed by atoms with Crippen LogP contribution in [0, 0.1) is 5.92 Å². The summed E-state index contributed by atoms with van der Waals surface area (Å²) in [5.41, 5.74) is 0. The molecule has 0 aliphatic rings. The van der Waals surface area contributed by atoms with E-state index in [0.717, 1.165) is 19.6 Å². The lowest BCUT2D eigenvalue weighted by Crippen LogP contribution is -2.34. The van der Waals surface area contributed by atoms with Gasteiger partial charge in [0.2, 0.25) is 0 Å². The summed E-state index contributed by atoms with van der Waals surface area (Å²) < 4.78 is 23.0. The van der Waals surface area contributed by atoms with Crippen LogP contribution in [0.15, 0.2) is 0 Å². The molecule has 5 heteroatoms. The Kier molecular flexibility index (Phi) is 8.82. The van der Waals surface area contributed by atoms with Gasteiger partial charge in [-0.15, -0.1) is 0 Å². The molecular formula is C12H28N2O2S. The highest BCUT2D eigenvalue weighted by Gasteiger charge is 2.10. The summed E-state index contributed by atoms with van der Waals surface area (Å²) in [7, 11) is -0.862. The molecule has 0 fully saturated rings. The molecule has 0 saturated heterocycles. The third kappa shape index (κ3) is 10.7. The molecule has 0 spiro atoms. The zero-order valence-electron chi connectivity index (χ0n) is 11.7. The van der Waals surface area contributed by atoms with Crippen LogP contribution in [0.4, 0.5) is 0 Å². The fourth-order valence-electron chi connectivity index (χ4n) is 1.48. The molecule has 17 heavy (non-hydrogen) atoms. The Morgan fingerprint density at radius 3 is 2.35 bits per heavy atom. The molecule has 0 aliphatic heterocycles. The van der Waals surface area contributed by atoms with E-state index in [1.54, 1.807) is 0 Å². The highest BCUT2D eigenvalue weighted by Crippen LogP contribution is 1.95. The number of sulfone groups is 1. The van der Waals surface area contributed by atoms with Gasteiger partial charge in [0.1, 0.15) is 0 Å². The molecule has 4 nitrogen and oxygen atoms in total. The van der Waals surface area contributed by atoms with Crippen molar-refractivity contribution in [1.82, 2.24) is 10.2 Å². The average molecular weight is 264 g/mol. The topological polar surface area (TPSA) is 49.4 Å². The molecule has 0 radical (unpaired) electrons. The second-order valence-electron chi connectivity index (χ2n) is 5.05. The van der Waals surface area contributed by atoms with Crippen LogP contribution in [-0.4, -0.2) is 58.1 Å². The zero-order chi connectivity index (χ0) is 13.3. The van der Waals surface area contributed by atoms with Gasteiger partial charge in [-0.05, 0) is 25.9 Å². The van der Waals surface area contributed by atoms with Gasteiger partial charge in [-0.3, -0.25) is 0 Å². The van der Waals surface area contributed by atoms with Gasteiger partial charge in [-0.1, -0.05) is 20.8 Å². The Bertz CT molecular complexity index is 276. The minimum atomic E-state index is -2.83. The fourth-order valence-corrected chi connectivity index (χ4v) is 2.90. The maximum absolute atomic E-state index is 11.5. The van der Waals surface area contributed by atoms with E-state index in [4.69, 9.17) is 0 Å². The van der Waals surface area contributed by atoms with E-state index < -0.39 is 9.84 Å². The first-order valence-corrected chi connectivity index (χ1v) is 8.29. The molecule has 0 rings (SSSR count). The summed E-state index contributed by atoms with van der Waals surface area (Å²) in [6.07, 6.45) is 0.710. The lowest BCUT2D eigenvalue weighted by Gasteiger charge is -2.17. The Hall–Kier alpha value is -0.130. The number of hydrogen-bond acceptors (Lipinski definition) is 4. The second kappa shape index (κ2) is 8.89. The molecule has 104 valence electrons. The maximum Gasteiger partial charge on any atom is 0.151 e. The molecule has 0 aromatic carbocycles. The monoisotopic (exact) mass is 264 g/mol. The van der Waals surface area contributed by atoms with Gasteiger partial charge in [0, 0.05) is 25.4 Å². The van der Waals surface area contributed by atoms with Crippen molar-refractivity contribution in [2.45, 2.75) is 27.2 Å². The Labute approximate surface area is 107 Å². The van der Waals surface area contributed by atoms with Crippen LogP contribution in [0.5, 0.6) is 0 Å². The van der Waals surface area contributed by atoms with Crippen molar-refractivity contribution in [2.75, 3.05) is 44.7 Å². The SMILES string of the molecule is CCCS(=O)(=O)CCN(C)CCNCC(C)C. The van der Waals surface area contributed by atoms with Crippen molar-refractivity contribution >= 4 is 9.84 Å². The van der Waals surface area contributed by atoms with Crippen LogP contribution in [-0.2, 0) is 9.84 Å². The van der Waals surface area contributed by atoms with Crippen molar-refractivity contribution in [3.05, 3.63) is 0 Å². The van der Waals surface area contributed by atoms with Gasteiger partial charge in [0.25, 0.3) is 0 Å². The third-order valence-electron chi connectivity index (χ3n) is 2.52. The van der Waals surface area contributed by atoms with E-state index in [2.05, 4.69) is 24.1 Å². The van der Waals surface area contributed by atoms with Crippen molar-refractivity contribution in [3.8, 4) is 0 Å². The standard InChI is InChI=1S/C12H28N2O2S/c1-5-9-17(15,16)10-8-14(4)7-6-13-11-12(2)3/h12-13H,5-11H2,1-4H3. The molecule has 1 N–H and O–H groups in total. The van der Waals surface area contributed by atoms with Gasteiger partial charge in [0.15, 0.2) is 9.84 Å². The van der Waals surface area contributed by atoms with Crippen molar-refractivity contribution in [1.29, 1.82) is 0 Å². The second-order valence-corrected chi connectivity index (χ2v) is 7.36. The molecule has 0 heterocycles. The van der Waals surface area contributed by atoms with Gasteiger partial charge in [-0.2, -0.15) is 0 Å². The van der Waals surface area contributed by atoms with Crippen molar-refractivity contribution in [3.63, 3.8) is 0 Å². The quantitative estimate of drug-likeness (QED) is 0.598. The molecule has 0 atom stereocenters. The number of hydrogen-bond donors (Lipinski definition) is 1. The van der Waals surface area contributed by atoms with Gasteiger partial charge < -0.3 is 10.2 Å². The van der Waals surface area contributed by atoms with Crippen LogP contribution < -0.4 is 5.32 Å².